The van der Waals surface area contributed by atoms with Crippen LogP contribution in [0.15, 0.2) is 89.7 Å². The Morgan fingerprint density at radius 1 is 1.05 bits per heavy atom. The maximum atomic E-state index is 12.7. The molecule has 2 atom stereocenters. The summed E-state index contributed by atoms with van der Waals surface area (Å²) < 4.78 is 8.90. The Kier molecular flexibility index (Phi) is 7.46. The first-order valence-electron chi connectivity index (χ1n) is 12.6. The van der Waals surface area contributed by atoms with Gasteiger partial charge in [-0.05, 0) is 72.9 Å². The first kappa shape index (κ1) is 26.9. The molecule has 0 saturated carbocycles. The smallest absolute Gasteiger partial charge is 0.229 e. The van der Waals surface area contributed by atoms with Gasteiger partial charge in [-0.15, -0.1) is 0 Å². The fourth-order valence-corrected chi connectivity index (χ4v) is 5.26. The molecule has 7 nitrogen and oxygen atoms in total. The van der Waals surface area contributed by atoms with Crippen molar-refractivity contribution in [2.24, 2.45) is 5.41 Å². The van der Waals surface area contributed by atoms with E-state index in [0.717, 1.165) is 27.2 Å². The molecule has 4 aromatic rings. The van der Waals surface area contributed by atoms with Crippen molar-refractivity contribution in [2.75, 3.05) is 17.3 Å². The van der Waals surface area contributed by atoms with Gasteiger partial charge in [-0.25, -0.2) is 0 Å². The van der Waals surface area contributed by atoms with Crippen molar-refractivity contribution in [2.45, 2.75) is 32.9 Å². The largest absolute Gasteiger partial charge is 0.494 e. The van der Waals surface area contributed by atoms with Crippen LogP contribution in [-0.4, -0.2) is 27.7 Å². The van der Waals surface area contributed by atoms with Crippen LogP contribution >= 0.6 is 28.1 Å². The number of nitrogens with zero attached hydrogens (tertiary/aromatic N) is 3. The number of rotatable bonds is 6. The van der Waals surface area contributed by atoms with E-state index in [0.29, 0.717) is 16.5 Å². The van der Waals surface area contributed by atoms with Gasteiger partial charge in [0.25, 0.3) is 0 Å². The van der Waals surface area contributed by atoms with Crippen molar-refractivity contribution < 1.29 is 9.53 Å². The van der Waals surface area contributed by atoms with Crippen molar-refractivity contribution in [1.82, 2.24) is 14.9 Å². The maximum Gasteiger partial charge on any atom is 0.229 e. The van der Waals surface area contributed by atoms with E-state index in [1.807, 2.05) is 75.4 Å². The standard InChI is InChI=1S/C30H30BrN5O2S/c1-30(2,3)28(37)33-22-15-14-21(18-25(22)38-4)36-27(26(34-29(36)39)23-8-5-6-16-32-23)24-9-7-17-35(24)20-12-10-19(31)11-13-20/h5-18,26-27H,1-4H3,(H,33,37)(H,34,39)/t26-,27-/m0/s1. The van der Waals surface area contributed by atoms with Crippen molar-refractivity contribution in [3.63, 3.8) is 0 Å². The van der Waals surface area contributed by atoms with Crippen LogP contribution in [0.3, 0.4) is 0 Å². The molecule has 2 aromatic carbocycles. The number of amides is 1. The highest BCUT2D eigenvalue weighted by molar-refractivity contribution is 9.10. The Morgan fingerprint density at radius 3 is 2.46 bits per heavy atom. The minimum atomic E-state index is -0.538. The third-order valence-corrected chi connectivity index (χ3v) is 7.52. The minimum absolute atomic E-state index is 0.0904. The molecule has 2 N–H and O–H groups in total. The molecule has 39 heavy (non-hydrogen) atoms. The number of pyridine rings is 1. The number of ether oxygens (including phenoxy) is 1. The molecule has 200 valence electrons. The van der Waals surface area contributed by atoms with E-state index < -0.39 is 5.41 Å². The van der Waals surface area contributed by atoms with Crippen molar-refractivity contribution >= 4 is 50.5 Å². The number of carbonyl (C=O) groups is 1. The van der Waals surface area contributed by atoms with E-state index in [9.17, 15) is 4.79 Å². The highest BCUT2D eigenvalue weighted by atomic mass is 79.9. The predicted octanol–water partition coefficient (Wildman–Crippen LogP) is 6.81. The molecule has 5 rings (SSSR count). The second kappa shape index (κ2) is 10.8. The molecule has 0 spiro atoms. The summed E-state index contributed by atoms with van der Waals surface area (Å²) in [5.41, 5.74) is 3.87. The molecule has 1 amide bonds. The number of nitrogens with one attached hydrogen (secondary N) is 2. The van der Waals surface area contributed by atoms with Crippen molar-refractivity contribution in [3.05, 3.63) is 101 Å². The fourth-order valence-electron chi connectivity index (χ4n) is 4.65. The fraction of sp³-hybridized carbons (Fsp3) is 0.233. The van der Waals surface area contributed by atoms with Gasteiger partial charge in [0.15, 0.2) is 5.11 Å². The van der Waals surface area contributed by atoms with Gasteiger partial charge in [0.2, 0.25) is 5.91 Å². The summed E-state index contributed by atoms with van der Waals surface area (Å²) in [4.78, 5) is 19.4. The monoisotopic (exact) mass is 603 g/mol. The molecular weight excluding hydrogens is 574 g/mol. The van der Waals surface area contributed by atoms with Crippen LogP contribution in [0.5, 0.6) is 5.75 Å². The number of carbonyl (C=O) groups excluding carboxylic acids is 1. The van der Waals surface area contributed by atoms with E-state index in [2.05, 4.69) is 65.4 Å². The van der Waals surface area contributed by atoms with Gasteiger partial charge < -0.3 is 24.8 Å². The van der Waals surface area contributed by atoms with Crippen molar-refractivity contribution in [3.8, 4) is 11.4 Å². The normalized spacial score (nSPS) is 17.2. The highest BCUT2D eigenvalue weighted by Crippen LogP contribution is 2.44. The molecule has 3 heterocycles. The second-order valence-electron chi connectivity index (χ2n) is 10.4. The van der Waals surface area contributed by atoms with Gasteiger partial charge in [0, 0.05) is 45.4 Å². The predicted molar refractivity (Wildman–Crippen MR) is 162 cm³/mol. The van der Waals surface area contributed by atoms with E-state index in [4.69, 9.17) is 17.0 Å². The molecule has 2 aromatic heterocycles. The molecule has 1 fully saturated rings. The van der Waals surface area contributed by atoms with E-state index >= 15 is 0 Å². The SMILES string of the molecule is COc1cc(N2C(=S)N[C@@H](c3ccccn3)[C@@H]2c2cccn2-c2ccc(Br)cc2)ccc1NC(=O)C(C)(C)C. The molecular formula is C30H30BrN5O2S. The van der Waals surface area contributed by atoms with Gasteiger partial charge in [-0.3, -0.25) is 9.78 Å². The van der Waals surface area contributed by atoms with Crippen molar-refractivity contribution in [1.29, 1.82) is 0 Å². The maximum absolute atomic E-state index is 12.7. The van der Waals surface area contributed by atoms with Crippen LogP contribution in [0.4, 0.5) is 11.4 Å². The quantitative estimate of drug-likeness (QED) is 0.236. The highest BCUT2D eigenvalue weighted by Gasteiger charge is 2.42. The third kappa shape index (κ3) is 5.42. The zero-order chi connectivity index (χ0) is 27.7. The lowest BCUT2D eigenvalue weighted by molar-refractivity contribution is -0.123. The van der Waals surface area contributed by atoms with Crippen LogP contribution in [0, 0.1) is 5.41 Å². The Hall–Kier alpha value is -3.69. The first-order chi connectivity index (χ1) is 18.7. The van der Waals surface area contributed by atoms with E-state index in [-0.39, 0.29) is 18.0 Å². The van der Waals surface area contributed by atoms with Crippen LogP contribution in [-0.2, 0) is 4.79 Å². The average Bonchev–Trinajstić information content (AvgIpc) is 3.53. The molecule has 1 saturated heterocycles. The van der Waals surface area contributed by atoms with E-state index in [1.165, 1.54) is 0 Å². The number of hydrogen-bond donors (Lipinski definition) is 2. The number of methoxy groups -OCH3 is 1. The van der Waals surface area contributed by atoms with Gasteiger partial charge in [-0.1, -0.05) is 42.8 Å². The summed E-state index contributed by atoms with van der Waals surface area (Å²) in [6.07, 6.45) is 3.85. The average molecular weight is 605 g/mol. The summed E-state index contributed by atoms with van der Waals surface area (Å²) in [7, 11) is 1.60. The Bertz CT molecular complexity index is 1500. The van der Waals surface area contributed by atoms with Crippen LogP contribution in [0.1, 0.15) is 44.2 Å². The number of anilines is 2. The van der Waals surface area contributed by atoms with E-state index in [1.54, 1.807) is 13.3 Å². The summed E-state index contributed by atoms with van der Waals surface area (Å²) >= 11 is 9.46. The lowest BCUT2D eigenvalue weighted by atomic mass is 9.95. The lowest BCUT2D eigenvalue weighted by Crippen LogP contribution is -2.30. The lowest BCUT2D eigenvalue weighted by Gasteiger charge is -2.29. The van der Waals surface area contributed by atoms with Crippen LogP contribution < -0.4 is 20.3 Å². The van der Waals surface area contributed by atoms with Gasteiger partial charge in [0.05, 0.1) is 24.5 Å². The third-order valence-electron chi connectivity index (χ3n) is 6.68. The minimum Gasteiger partial charge on any atom is -0.494 e. The first-order valence-corrected chi connectivity index (χ1v) is 13.8. The summed E-state index contributed by atoms with van der Waals surface area (Å²) in [6, 6.07) is 23.6. The Labute approximate surface area is 242 Å². The molecule has 9 heteroatoms. The molecule has 0 radical (unpaired) electrons. The zero-order valence-corrected chi connectivity index (χ0v) is 24.6. The Balaban J connectivity index is 1.60. The summed E-state index contributed by atoms with van der Waals surface area (Å²) in [5.74, 6) is 0.462. The topological polar surface area (TPSA) is 71.4 Å². The van der Waals surface area contributed by atoms with Crippen LogP contribution in [0.25, 0.3) is 5.69 Å². The second-order valence-corrected chi connectivity index (χ2v) is 11.7. The number of hydrogen-bond acceptors (Lipinski definition) is 4. The summed E-state index contributed by atoms with van der Waals surface area (Å²) in [5, 5.41) is 7.08. The molecule has 0 bridgehead atoms. The Morgan fingerprint density at radius 2 is 1.79 bits per heavy atom. The number of halogens is 1. The molecule has 0 aliphatic carbocycles. The van der Waals surface area contributed by atoms with Gasteiger partial charge >= 0.3 is 0 Å². The van der Waals surface area contributed by atoms with Gasteiger partial charge in [0.1, 0.15) is 11.8 Å². The number of benzene rings is 2. The summed E-state index contributed by atoms with van der Waals surface area (Å²) in [6.45, 7) is 5.63. The molecule has 1 aliphatic rings. The number of thiocarbonyl (C=S) groups is 1. The number of aromatic nitrogens is 2. The van der Waals surface area contributed by atoms with Crippen LogP contribution in [0.2, 0.25) is 0 Å². The molecule has 0 unspecified atom stereocenters. The zero-order valence-electron chi connectivity index (χ0n) is 22.2. The van der Waals surface area contributed by atoms with Gasteiger partial charge in [-0.2, -0.15) is 0 Å². The molecule has 1 aliphatic heterocycles.